The summed E-state index contributed by atoms with van der Waals surface area (Å²) < 4.78 is 14.3. The molecule has 6 rings (SSSR count). The van der Waals surface area contributed by atoms with Crippen molar-refractivity contribution in [2.45, 2.75) is 56.3 Å². The van der Waals surface area contributed by atoms with Gasteiger partial charge in [-0.3, -0.25) is 0 Å². The third kappa shape index (κ3) is 3.12. The van der Waals surface area contributed by atoms with Crippen molar-refractivity contribution in [3.05, 3.63) is 30.7 Å². The number of benzene rings is 1. The van der Waals surface area contributed by atoms with E-state index in [0.717, 1.165) is 60.7 Å². The summed E-state index contributed by atoms with van der Waals surface area (Å²) in [5.74, 6) is 1.31. The van der Waals surface area contributed by atoms with Gasteiger partial charge in [-0.15, -0.1) is 0 Å². The normalized spacial score (nSPS) is 28.8. The summed E-state index contributed by atoms with van der Waals surface area (Å²) in [5.41, 5.74) is 8.64. The molecule has 168 valence electrons. The Hall–Kier alpha value is -2.84. The molecule has 3 aliphatic rings. The maximum absolute atomic E-state index is 10.4. The van der Waals surface area contributed by atoms with Crippen molar-refractivity contribution < 1.29 is 19.7 Å². The maximum atomic E-state index is 10.4. The van der Waals surface area contributed by atoms with Crippen LogP contribution in [0.3, 0.4) is 0 Å². The molecular weight excluding hydrogens is 408 g/mol. The van der Waals surface area contributed by atoms with Crippen LogP contribution in [-0.4, -0.2) is 49.7 Å². The number of phenols is 1. The summed E-state index contributed by atoms with van der Waals surface area (Å²) in [7, 11) is 0. The highest BCUT2D eigenvalue weighted by Gasteiger charge is 2.46. The van der Waals surface area contributed by atoms with Gasteiger partial charge >= 0.3 is 0 Å². The summed E-state index contributed by atoms with van der Waals surface area (Å²) in [4.78, 5) is 8.72. The van der Waals surface area contributed by atoms with Crippen LogP contribution < -0.4 is 10.5 Å². The minimum atomic E-state index is -0.213. The summed E-state index contributed by atoms with van der Waals surface area (Å²) in [6.07, 6.45) is 9.94. The number of nitrogens with zero attached hydrogens (tertiary/aromatic N) is 3. The number of fused-ring (bicyclic) bond motifs is 3. The number of hydrogen-bond donors (Lipinski definition) is 3. The molecule has 2 aliphatic heterocycles. The van der Waals surface area contributed by atoms with E-state index in [4.69, 9.17) is 15.2 Å². The van der Waals surface area contributed by atoms with Crippen LogP contribution in [0.5, 0.6) is 11.5 Å². The SMILES string of the molecule is Nc1ncnc2c1c(-c1ccc(O)c(OCC34CCC(CC3)O4)c1)cn2C1CC(CO)C1. The second-order valence-electron chi connectivity index (χ2n) is 9.55. The lowest BCUT2D eigenvalue weighted by molar-refractivity contribution is -0.0203. The number of hydrogen-bond acceptors (Lipinski definition) is 7. The fourth-order valence-corrected chi connectivity index (χ4v) is 5.57. The predicted octanol–water partition coefficient (Wildman–Crippen LogP) is 3.42. The Morgan fingerprint density at radius 2 is 2.03 bits per heavy atom. The van der Waals surface area contributed by atoms with Crippen molar-refractivity contribution in [2.24, 2.45) is 5.92 Å². The van der Waals surface area contributed by atoms with Gasteiger partial charge in [0.2, 0.25) is 0 Å². The van der Waals surface area contributed by atoms with Gasteiger partial charge in [-0.25, -0.2) is 9.97 Å². The van der Waals surface area contributed by atoms with Crippen molar-refractivity contribution in [2.75, 3.05) is 18.9 Å². The Morgan fingerprint density at radius 1 is 1.22 bits per heavy atom. The van der Waals surface area contributed by atoms with Crippen LogP contribution in [0.1, 0.15) is 44.6 Å². The zero-order valence-corrected chi connectivity index (χ0v) is 17.9. The zero-order valence-electron chi connectivity index (χ0n) is 17.9. The van der Waals surface area contributed by atoms with E-state index >= 15 is 0 Å². The van der Waals surface area contributed by atoms with Gasteiger partial charge in [0.05, 0.1) is 11.5 Å². The number of ether oxygens (including phenoxy) is 2. The van der Waals surface area contributed by atoms with E-state index in [1.54, 1.807) is 6.07 Å². The molecule has 1 aromatic carbocycles. The summed E-state index contributed by atoms with van der Waals surface area (Å²) in [6.45, 7) is 0.655. The number of rotatable bonds is 6. The molecule has 4 N–H and O–H groups in total. The highest BCUT2D eigenvalue weighted by Crippen LogP contribution is 2.46. The first-order chi connectivity index (χ1) is 15.5. The number of aromatic nitrogens is 3. The number of phenolic OH excluding ortho intramolecular Hbond substituents is 1. The van der Waals surface area contributed by atoms with Crippen LogP contribution in [0.15, 0.2) is 30.7 Å². The maximum Gasteiger partial charge on any atom is 0.161 e. The first-order valence-electron chi connectivity index (χ1n) is 11.4. The van der Waals surface area contributed by atoms with E-state index in [1.807, 2.05) is 12.1 Å². The fraction of sp³-hybridized carbons (Fsp3) is 0.500. The average molecular weight is 437 g/mol. The molecule has 3 fully saturated rings. The topological polar surface area (TPSA) is 116 Å². The van der Waals surface area contributed by atoms with Gasteiger partial charge in [-0.05, 0) is 62.1 Å². The first-order valence-corrected chi connectivity index (χ1v) is 11.4. The van der Waals surface area contributed by atoms with Crippen molar-refractivity contribution >= 4 is 16.9 Å². The van der Waals surface area contributed by atoms with Crippen LogP contribution in [0.4, 0.5) is 5.82 Å². The minimum absolute atomic E-state index is 0.107. The van der Waals surface area contributed by atoms with E-state index < -0.39 is 0 Å². The molecule has 8 nitrogen and oxygen atoms in total. The van der Waals surface area contributed by atoms with Gasteiger partial charge in [-0.2, -0.15) is 0 Å². The van der Waals surface area contributed by atoms with Gasteiger partial charge in [0.25, 0.3) is 0 Å². The van der Waals surface area contributed by atoms with E-state index in [2.05, 4.69) is 20.7 Å². The quantitative estimate of drug-likeness (QED) is 0.542. The summed E-state index contributed by atoms with van der Waals surface area (Å²) in [6, 6.07) is 5.65. The Balaban J connectivity index is 1.34. The number of anilines is 1. The number of aliphatic hydroxyl groups is 1. The van der Waals surface area contributed by atoms with Crippen LogP contribution in [0, 0.1) is 5.92 Å². The van der Waals surface area contributed by atoms with Crippen molar-refractivity contribution in [1.29, 1.82) is 0 Å². The monoisotopic (exact) mass is 436 g/mol. The first kappa shape index (κ1) is 19.8. The third-order valence-corrected chi connectivity index (χ3v) is 7.52. The Labute approximate surface area is 186 Å². The second kappa shape index (κ2) is 7.35. The Bertz CT molecular complexity index is 1160. The smallest absolute Gasteiger partial charge is 0.161 e. The number of aliphatic hydroxyl groups excluding tert-OH is 1. The molecular formula is C24H28N4O4. The summed E-state index contributed by atoms with van der Waals surface area (Å²) in [5, 5.41) is 20.7. The molecule has 0 radical (unpaired) electrons. The van der Waals surface area contributed by atoms with Crippen molar-refractivity contribution in [3.63, 3.8) is 0 Å². The van der Waals surface area contributed by atoms with Crippen LogP contribution >= 0.6 is 0 Å². The van der Waals surface area contributed by atoms with Crippen LogP contribution in [-0.2, 0) is 4.74 Å². The molecule has 1 aliphatic carbocycles. The molecule has 3 aromatic rings. The molecule has 2 bridgehead atoms. The van der Waals surface area contributed by atoms with Crippen molar-refractivity contribution in [3.8, 4) is 22.6 Å². The molecule has 8 heteroatoms. The Morgan fingerprint density at radius 3 is 2.75 bits per heavy atom. The van der Waals surface area contributed by atoms with Gasteiger partial charge in [0.1, 0.15) is 30.0 Å². The molecule has 0 spiro atoms. The molecule has 4 heterocycles. The van der Waals surface area contributed by atoms with Gasteiger partial charge in [0, 0.05) is 24.4 Å². The predicted molar refractivity (Wildman–Crippen MR) is 119 cm³/mol. The summed E-state index contributed by atoms with van der Waals surface area (Å²) >= 11 is 0. The number of nitrogens with two attached hydrogens (primary N) is 1. The van der Waals surface area contributed by atoms with Gasteiger partial charge in [0.15, 0.2) is 11.5 Å². The molecule has 0 unspecified atom stereocenters. The van der Waals surface area contributed by atoms with Crippen molar-refractivity contribution in [1.82, 2.24) is 14.5 Å². The third-order valence-electron chi connectivity index (χ3n) is 7.52. The fourth-order valence-electron chi connectivity index (χ4n) is 5.57. The lowest BCUT2D eigenvalue weighted by atomic mass is 9.81. The van der Waals surface area contributed by atoms with Crippen LogP contribution in [0.25, 0.3) is 22.2 Å². The number of aromatic hydroxyl groups is 1. The lowest BCUT2D eigenvalue weighted by Crippen LogP contribution is -2.32. The largest absolute Gasteiger partial charge is 0.504 e. The van der Waals surface area contributed by atoms with E-state index in [-0.39, 0.29) is 24.0 Å². The van der Waals surface area contributed by atoms with E-state index in [0.29, 0.717) is 30.2 Å². The number of nitrogen functional groups attached to an aromatic ring is 1. The molecule has 0 amide bonds. The Kier molecular flexibility index (Phi) is 4.55. The van der Waals surface area contributed by atoms with E-state index in [1.165, 1.54) is 6.33 Å². The van der Waals surface area contributed by atoms with Gasteiger partial charge < -0.3 is 30.0 Å². The van der Waals surface area contributed by atoms with Crippen LogP contribution in [0.2, 0.25) is 0 Å². The molecule has 32 heavy (non-hydrogen) atoms. The zero-order chi connectivity index (χ0) is 21.9. The second-order valence-corrected chi connectivity index (χ2v) is 9.55. The molecule has 1 saturated carbocycles. The highest BCUT2D eigenvalue weighted by molar-refractivity contribution is 6.01. The molecule has 2 aromatic heterocycles. The molecule has 0 atom stereocenters. The standard InChI is InChI=1S/C24H28N4O4/c25-22-21-18(10-28(23(21)27-13-26-22)16-7-14(8-16)11-29)15-1-2-19(30)20(9-15)31-12-24-5-3-17(32-24)4-6-24/h1-2,9-10,13-14,16-17,29-30H,3-8,11-12H2,(H2,25,26,27). The highest BCUT2D eigenvalue weighted by atomic mass is 16.6. The minimum Gasteiger partial charge on any atom is -0.504 e. The average Bonchev–Trinajstić information content (AvgIpc) is 3.47. The molecule has 2 saturated heterocycles. The van der Waals surface area contributed by atoms with Gasteiger partial charge in [-0.1, -0.05) is 6.07 Å². The lowest BCUT2D eigenvalue weighted by Gasteiger charge is -2.35. The van der Waals surface area contributed by atoms with E-state index in [9.17, 15) is 10.2 Å².